The molecule has 0 saturated heterocycles. The summed E-state index contributed by atoms with van der Waals surface area (Å²) in [5.41, 5.74) is 0.333. The molecule has 0 aliphatic heterocycles. The molecule has 15 heavy (non-hydrogen) atoms. The Hall–Kier alpha value is -0.603. The van der Waals surface area contributed by atoms with E-state index in [1.165, 1.54) is 0 Å². The molecule has 1 unspecified atom stereocenters. The van der Waals surface area contributed by atoms with E-state index >= 15 is 0 Å². The summed E-state index contributed by atoms with van der Waals surface area (Å²) >= 11 is 0. The normalized spacial score (nSPS) is 16.5. The molecule has 0 heterocycles. The number of rotatable bonds is 2. The van der Waals surface area contributed by atoms with E-state index in [4.69, 9.17) is 0 Å². The standard InChI is InChI=1S/C13H22OSi/c1-11(2)15(14,13(3,4)5)12-9-7-6-8-10-12/h6-11,14H,1-5H3. The highest BCUT2D eigenvalue weighted by molar-refractivity contribution is 6.88. The maximum absolute atomic E-state index is 11.0. The maximum atomic E-state index is 11.0. The lowest BCUT2D eigenvalue weighted by atomic mass is 10.2. The molecule has 1 atom stereocenters. The van der Waals surface area contributed by atoms with Crippen molar-refractivity contribution < 1.29 is 4.80 Å². The van der Waals surface area contributed by atoms with Crippen LogP contribution in [0.3, 0.4) is 0 Å². The van der Waals surface area contributed by atoms with Crippen molar-refractivity contribution in [3.8, 4) is 0 Å². The highest BCUT2D eigenvalue weighted by Gasteiger charge is 2.47. The summed E-state index contributed by atoms with van der Waals surface area (Å²) in [6.07, 6.45) is 0. The van der Waals surface area contributed by atoms with E-state index in [1.54, 1.807) is 0 Å². The topological polar surface area (TPSA) is 20.2 Å². The first-order chi connectivity index (χ1) is 6.80. The van der Waals surface area contributed by atoms with Crippen LogP contribution in [0, 0.1) is 0 Å². The predicted molar refractivity (Wildman–Crippen MR) is 68.9 cm³/mol. The van der Waals surface area contributed by atoms with Gasteiger partial charge in [0, 0.05) is 0 Å². The van der Waals surface area contributed by atoms with Crippen molar-refractivity contribution in [3.05, 3.63) is 30.3 Å². The molecule has 0 spiro atoms. The van der Waals surface area contributed by atoms with E-state index in [1.807, 2.05) is 18.2 Å². The Morgan fingerprint density at radius 1 is 1.07 bits per heavy atom. The molecule has 0 saturated carbocycles. The third-order valence-electron chi connectivity index (χ3n) is 3.19. The quantitative estimate of drug-likeness (QED) is 0.763. The molecule has 0 aromatic heterocycles. The van der Waals surface area contributed by atoms with Gasteiger partial charge in [-0.1, -0.05) is 65.0 Å². The fraction of sp³-hybridized carbons (Fsp3) is 0.538. The Balaban J connectivity index is 3.26. The number of benzene rings is 1. The summed E-state index contributed by atoms with van der Waals surface area (Å²) in [5, 5.41) is 1.12. The molecule has 1 N–H and O–H groups in total. The molecule has 1 rings (SSSR count). The largest absolute Gasteiger partial charge is 0.427 e. The molecule has 0 fully saturated rings. The van der Waals surface area contributed by atoms with Gasteiger partial charge in [-0.05, 0) is 15.8 Å². The molecular formula is C13H22OSi. The van der Waals surface area contributed by atoms with E-state index < -0.39 is 8.32 Å². The van der Waals surface area contributed by atoms with Crippen LogP contribution in [0.1, 0.15) is 34.6 Å². The van der Waals surface area contributed by atoms with Crippen LogP contribution >= 0.6 is 0 Å². The van der Waals surface area contributed by atoms with Gasteiger partial charge in [0.1, 0.15) is 0 Å². The minimum Gasteiger partial charge on any atom is -0.427 e. The highest BCUT2D eigenvalue weighted by Crippen LogP contribution is 2.40. The minimum atomic E-state index is -2.40. The maximum Gasteiger partial charge on any atom is 0.227 e. The third kappa shape index (κ3) is 2.16. The predicted octanol–water partition coefficient (Wildman–Crippen LogP) is 3.04. The molecule has 0 radical (unpaired) electrons. The zero-order valence-corrected chi connectivity index (χ0v) is 11.4. The Labute approximate surface area is 94.3 Å². The molecule has 0 amide bonds. The zero-order chi connectivity index (χ0) is 11.7. The molecular weight excluding hydrogens is 200 g/mol. The van der Waals surface area contributed by atoms with Crippen molar-refractivity contribution >= 4 is 13.5 Å². The van der Waals surface area contributed by atoms with Crippen molar-refractivity contribution in [1.82, 2.24) is 0 Å². The summed E-state index contributed by atoms with van der Waals surface area (Å²) < 4.78 is 0. The van der Waals surface area contributed by atoms with Gasteiger partial charge in [0.05, 0.1) is 0 Å². The van der Waals surface area contributed by atoms with E-state index in [0.717, 1.165) is 5.19 Å². The van der Waals surface area contributed by atoms with Gasteiger partial charge in [0.15, 0.2) is 0 Å². The summed E-state index contributed by atoms with van der Waals surface area (Å²) in [5.74, 6) is 0. The van der Waals surface area contributed by atoms with Crippen LogP contribution in [0.5, 0.6) is 0 Å². The van der Waals surface area contributed by atoms with Crippen molar-refractivity contribution in [2.75, 3.05) is 0 Å². The third-order valence-corrected chi connectivity index (χ3v) is 8.36. The lowest BCUT2D eigenvalue weighted by Crippen LogP contribution is -2.57. The van der Waals surface area contributed by atoms with Gasteiger partial charge in [-0.3, -0.25) is 0 Å². The highest BCUT2D eigenvalue weighted by atomic mass is 28.4. The van der Waals surface area contributed by atoms with Crippen LogP contribution in [0.4, 0.5) is 0 Å². The van der Waals surface area contributed by atoms with E-state index in [2.05, 4.69) is 46.8 Å². The van der Waals surface area contributed by atoms with Crippen molar-refractivity contribution in [2.24, 2.45) is 0 Å². The van der Waals surface area contributed by atoms with Gasteiger partial charge >= 0.3 is 0 Å². The Bertz CT molecular complexity index is 313. The SMILES string of the molecule is CC(C)[Si](O)(c1ccccc1)C(C)(C)C. The van der Waals surface area contributed by atoms with Gasteiger partial charge in [0.25, 0.3) is 0 Å². The van der Waals surface area contributed by atoms with Crippen molar-refractivity contribution in [2.45, 2.75) is 45.2 Å². The van der Waals surface area contributed by atoms with Crippen LogP contribution in [-0.2, 0) is 0 Å². The van der Waals surface area contributed by atoms with Crippen LogP contribution in [0.25, 0.3) is 0 Å². The summed E-state index contributed by atoms with van der Waals surface area (Å²) in [7, 11) is -2.40. The zero-order valence-electron chi connectivity index (χ0n) is 10.4. The summed E-state index contributed by atoms with van der Waals surface area (Å²) in [4.78, 5) is 11.0. The molecule has 1 aromatic carbocycles. The molecule has 0 aliphatic rings. The van der Waals surface area contributed by atoms with Gasteiger partial charge in [0.2, 0.25) is 8.32 Å². The Morgan fingerprint density at radius 2 is 1.53 bits per heavy atom. The smallest absolute Gasteiger partial charge is 0.227 e. The number of hydrogen-bond acceptors (Lipinski definition) is 1. The molecule has 2 heteroatoms. The molecule has 84 valence electrons. The summed E-state index contributed by atoms with van der Waals surface area (Å²) in [6, 6.07) is 10.2. The van der Waals surface area contributed by atoms with Gasteiger partial charge in [-0.15, -0.1) is 0 Å². The van der Waals surface area contributed by atoms with Crippen molar-refractivity contribution in [3.63, 3.8) is 0 Å². The average molecular weight is 222 g/mol. The average Bonchev–Trinajstić information content (AvgIpc) is 2.16. The van der Waals surface area contributed by atoms with Crippen LogP contribution in [-0.4, -0.2) is 13.1 Å². The lowest BCUT2D eigenvalue weighted by molar-refractivity contribution is 0.469. The van der Waals surface area contributed by atoms with Gasteiger partial charge in [-0.25, -0.2) is 0 Å². The number of hydrogen-bond donors (Lipinski definition) is 1. The van der Waals surface area contributed by atoms with Crippen LogP contribution < -0.4 is 5.19 Å². The molecule has 0 bridgehead atoms. The fourth-order valence-corrected chi connectivity index (χ4v) is 6.29. The second-order valence-corrected chi connectivity index (χ2v) is 10.3. The van der Waals surface area contributed by atoms with Crippen molar-refractivity contribution in [1.29, 1.82) is 0 Å². The van der Waals surface area contributed by atoms with E-state index in [9.17, 15) is 4.80 Å². The summed E-state index contributed by atoms with van der Waals surface area (Å²) in [6.45, 7) is 10.7. The Morgan fingerprint density at radius 3 is 1.87 bits per heavy atom. The molecule has 1 nitrogen and oxygen atoms in total. The fourth-order valence-electron chi connectivity index (χ4n) is 2.32. The lowest BCUT2D eigenvalue weighted by Gasteiger charge is -2.41. The van der Waals surface area contributed by atoms with Gasteiger partial charge < -0.3 is 4.80 Å². The van der Waals surface area contributed by atoms with E-state index in [-0.39, 0.29) is 5.04 Å². The second-order valence-electron chi connectivity index (χ2n) is 5.54. The van der Waals surface area contributed by atoms with Crippen LogP contribution in [0.15, 0.2) is 30.3 Å². The first-order valence-corrected chi connectivity index (χ1v) is 7.60. The first kappa shape index (κ1) is 12.5. The first-order valence-electron chi connectivity index (χ1n) is 5.58. The van der Waals surface area contributed by atoms with Gasteiger partial charge in [-0.2, -0.15) is 0 Å². The second kappa shape index (κ2) is 4.10. The monoisotopic (exact) mass is 222 g/mol. The molecule has 0 aliphatic carbocycles. The Kier molecular flexibility index (Phi) is 3.41. The van der Waals surface area contributed by atoms with E-state index in [0.29, 0.717) is 5.54 Å². The van der Waals surface area contributed by atoms with Crippen LogP contribution in [0.2, 0.25) is 10.6 Å². The minimum absolute atomic E-state index is 0.0253. The molecule has 1 aromatic rings.